The second-order valence-electron chi connectivity index (χ2n) is 7.54. The molecule has 1 aliphatic heterocycles. The third-order valence-corrected chi connectivity index (χ3v) is 5.23. The summed E-state index contributed by atoms with van der Waals surface area (Å²) in [5.74, 6) is 0.217. The maximum absolute atomic E-state index is 13.0. The predicted molar refractivity (Wildman–Crippen MR) is 97.4 cm³/mol. The lowest BCUT2D eigenvalue weighted by molar-refractivity contribution is -0.141. The first-order chi connectivity index (χ1) is 12.9. The minimum Gasteiger partial charge on any atom is -0.334 e. The van der Waals surface area contributed by atoms with Gasteiger partial charge in [-0.3, -0.25) is 4.90 Å². The van der Waals surface area contributed by atoms with Crippen LogP contribution < -0.4 is 4.90 Å². The van der Waals surface area contributed by atoms with Crippen LogP contribution in [0.25, 0.3) is 0 Å². The Hall–Kier alpha value is -2.15. The molecular formula is C20H23F3N4. The van der Waals surface area contributed by atoms with Crippen LogP contribution in [0.15, 0.2) is 36.5 Å². The molecule has 1 aromatic carbocycles. The molecule has 0 amide bonds. The molecule has 0 bridgehead atoms. The number of nitrogens with zero attached hydrogens (tertiary/aromatic N) is 4. The molecule has 1 atom stereocenters. The van der Waals surface area contributed by atoms with E-state index in [0.29, 0.717) is 0 Å². The van der Waals surface area contributed by atoms with Crippen LogP contribution in [0.2, 0.25) is 0 Å². The average molecular weight is 376 g/mol. The first kappa shape index (κ1) is 18.2. The Morgan fingerprint density at radius 1 is 1.15 bits per heavy atom. The molecule has 1 unspecified atom stereocenters. The third kappa shape index (κ3) is 4.24. The Kier molecular flexibility index (Phi) is 4.80. The highest BCUT2D eigenvalue weighted by Gasteiger charge is 2.40. The van der Waals surface area contributed by atoms with Crippen LogP contribution in [0.1, 0.15) is 36.1 Å². The smallest absolute Gasteiger partial charge is 0.334 e. The molecule has 1 saturated heterocycles. The molecule has 0 N–H and O–H groups in total. The fraction of sp³-hybridized carbons (Fsp3) is 0.500. The molecule has 0 radical (unpaired) electrons. The van der Waals surface area contributed by atoms with Gasteiger partial charge in [-0.1, -0.05) is 29.8 Å². The van der Waals surface area contributed by atoms with Crippen molar-refractivity contribution in [2.45, 2.75) is 51.0 Å². The maximum Gasteiger partial charge on any atom is 0.433 e. The van der Waals surface area contributed by atoms with Crippen LogP contribution in [0.5, 0.6) is 0 Å². The van der Waals surface area contributed by atoms with Crippen molar-refractivity contribution >= 4 is 5.95 Å². The molecule has 144 valence electrons. The average Bonchev–Trinajstić information content (AvgIpc) is 3.34. The first-order valence-corrected chi connectivity index (χ1v) is 9.36. The van der Waals surface area contributed by atoms with Gasteiger partial charge in [0.2, 0.25) is 5.95 Å². The highest BCUT2D eigenvalue weighted by molar-refractivity contribution is 5.37. The van der Waals surface area contributed by atoms with E-state index in [-0.39, 0.29) is 18.0 Å². The quantitative estimate of drug-likeness (QED) is 0.788. The van der Waals surface area contributed by atoms with E-state index in [0.717, 1.165) is 45.0 Å². The number of likely N-dealkylation sites (tertiary alicyclic amines) is 1. The maximum atomic E-state index is 13.0. The van der Waals surface area contributed by atoms with Gasteiger partial charge in [0.15, 0.2) is 0 Å². The monoisotopic (exact) mass is 376 g/mol. The number of benzene rings is 1. The number of halogens is 3. The molecule has 7 heteroatoms. The van der Waals surface area contributed by atoms with Gasteiger partial charge in [-0.15, -0.1) is 0 Å². The number of alkyl halides is 3. The minimum absolute atomic E-state index is 0.158. The summed E-state index contributed by atoms with van der Waals surface area (Å²) in [5.41, 5.74) is 1.64. The van der Waals surface area contributed by atoms with E-state index in [1.807, 2.05) is 4.90 Å². The van der Waals surface area contributed by atoms with E-state index in [1.165, 1.54) is 17.3 Å². The minimum atomic E-state index is -4.44. The summed E-state index contributed by atoms with van der Waals surface area (Å²) in [6.07, 6.45) is -0.316. The van der Waals surface area contributed by atoms with Crippen LogP contribution in [-0.4, -0.2) is 40.0 Å². The van der Waals surface area contributed by atoms with Crippen molar-refractivity contribution in [3.63, 3.8) is 0 Å². The van der Waals surface area contributed by atoms with Gasteiger partial charge >= 0.3 is 6.18 Å². The molecule has 2 heterocycles. The summed E-state index contributed by atoms with van der Waals surface area (Å²) in [6, 6.07) is 9.80. The number of hydrogen-bond donors (Lipinski definition) is 0. The molecule has 0 spiro atoms. The van der Waals surface area contributed by atoms with Crippen molar-refractivity contribution < 1.29 is 13.2 Å². The topological polar surface area (TPSA) is 32.3 Å². The number of anilines is 1. The molecule has 27 heavy (non-hydrogen) atoms. The second-order valence-corrected chi connectivity index (χ2v) is 7.54. The Morgan fingerprint density at radius 3 is 2.67 bits per heavy atom. The summed E-state index contributed by atoms with van der Waals surface area (Å²) in [6.45, 7) is 4.70. The third-order valence-electron chi connectivity index (χ3n) is 5.23. The van der Waals surface area contributed by atoms with Gasteiger partial charge in [-0.25, -0.2) is 9.97 Å². The second kappa shape index (κ2) is 7.11. The number of aromatic nitrogens is 2. The summed E-state index contributed by atoms with van der Waals surface area (Å²) in [7, 11) is 0. The Morgan fingerprint density at radius 2 is 1.96 bits per heavy atom. The molecule has 2 fully saturated rings. The normalized spacial score (nSPS) is 20.8. The Bertz CT molecular complexity index is 804. The molecule has 2 aromatic rings. The highest BCUT2D eigenvalue weighted by Crippen LogP contribution is 2.36. The van der Waals surface area contributed by atoms with Crippen LogP contribution in [0, 0.1) is 6.92 Å². The number of rotatable bonds is 5. The van der Waals surface area contributed by atoms with Crippen molar-refractivity contribution in [1.29, 1.82) is 0 Å². The zero-order valence-corrected chi connectivity index (χ0v) is 15.3. The molecule has 4 rings (SSSR count). The summed E-state index contributed by atoms with van der Waals surface area (Å²) < 4.78 is 39.1. The van der Waals surface area contributed by atoms with Crippen LogP contribution in [-0.2, 0) is 12.7 Å². The fourth-order valence-corrected chi connectivity index (χ4v) is 3.86. The lowest BCUT2D eigenvalue weighted by atomic mass is 10.1. The standard InChI is InChI=1S/C20H23F3N4/c1-14-3-2-4-15(11-14)12-26-10-8-17(13-26)27(16-5-6-16)19-24-9-7-18(25-19)20(21,22)23/h2-4,7,9,11,16-17H,5-6,8,10,12-13H2,1H3. The van der Waals surface area contributed by atoms with Gasteiger partial charge in [0, 0.05) is 37.9 Å². The largest absolute Gasteiger partial charge is 0.433 e. The van der Waals surface area contributed by atoms with Crippen molar-refractivity contribution in [1.82, 2.24) is 14.9 Å². The number of hydrogen-bond acceptors (Lipinski definition) is 4. The van der Waals surface area contributed by atoms with E-state index in [2.05, 4.69) is 46.1 Å². The van der Waals surface area contributed by atoms with E-state index in [1.54, 1.807) is 0 Å². The molecule has 4 nitrogen and oxygen atoms in total. The van der Waals surface area contributed by atoms with E-state index in [9.17, 15) is 13.2 Å². The van der Waals surface area contributed by atoms with Gasteiger partial charge in [-0.2, -0.15) is 13.2 Å². The summed E-state index contributed by atoms with van der Waals surface area (Å²) in [4.78, 5) is 12.4. The van der Waals surface area contributed by atoms with E-state index < -0.39 is 11.9 Å². The Balaban J connectivity index is 1.49. The lowest BCUT2D eigenvalue weighted by Gasteiger charge is -2.29. The summed E-state index contributed by atoms with van der Waals surface area (Å²) in [5, 5.41) is 0. The van der Waals surface area contributed by atoms with Crippen LogP contribution >= 0.6 is 0 Å². The van der Waals surface area contributed by atoms with Gasteiger partial charge in [0.1, 0.15) is 5.69 Å². The van der Waals surface area contributed by atoms with E-state index >= 15 is 0 Å². The number of aryl methyl sites for hydroxylation is 1. The zero-order chi connectivity index (χ0) is 19.0. The van der Waals surface area contributed by atoms with Gasteiger partial charge in [0.25, 0.3) is 0 Å². The zero-order valence-electron chi connectivity index (χ0n) is 15.3. The SMILES string of the molecule is Cc1cccc(CN2CCC(N(c3nccc(C(F)(F)F)n3)C3CC3)C2)c1. The molecule has 1 saturated carbocycles. The van der Waals surface area contributed by atoms with Crippen LogP contribution in [0.4, 0.5) is 19.1 Å². The fourth-order valence-electron chi connectivity index (χ4n) is 3.86. The highest BCUT2D eigenvalue weighted by atomic mass is 19.4. The lowest BCUT2D eigenvalue weighted by Crippen LogP contribution is -2.40. The molecule has 2 aliphatic rings. The molecular weight excluding hydrogens is 353 g/mol. The predicted octanol–water partition coefficient (Wildman–Crippen LogP) is 4.05. The van der Waals surface area contributed by atoms with Gasteiger partial charge < -0.3 is 4.90 Å². The van der Waals surface area contributed by atoms with E-state index in [4.69, 9.17) is 0 Å². The van der Waals surface area contributed by atoms with Crippen molar-refractivity contribution in [3.8, 4) is 0 Å². The van der Waals surface area contributed by atoms with Gasteiger partial charge in [0.05, 0.1) is 0 Å². The summed E-state index contributed by atoms with van der Waals surface area (Å²) >= 11 is 0. The Labute approximate surface area is 157 Å². The van der Waals surface area contributed by atoms with Gasteiger partial charge in [-0.05, 0) is 37.8 Å². The first-order valence-electron chi connectivity index (χ1n) is 9.36. The molecule has 1 aromatic heterocycles. The molecule has 1 aliphatic carbocycles. The van der Waals surface area contributed by atoms with Crippen molar-refractivity contribution in [2.75, 3.05) is 18.0 Å². The van der Waals surface area contributed by atoms with Crippen molar-refractivity contribution in [3.05, 3.63) is 53.3 Å². The van der Waals surface area contributed by atoms with Crippen LogP contribution in [0.3, 0.4) is 0 Å². The van der Waals surface area contributed by atoms with Crippen molar-refractivity contribution in [2.24, 2.45) is 0 Å².